The van der Waals surface area contributed by atoms with Crippen molar-refractivity contribution in [3.8, 4) is 0 Å². The molecule has 0 aromatic carbocycles. The van der Waals surface area contributed by atoms with E-state index in [0.717, 1.165) is 5.56 Å². The lowest BCUT2D eigenvalue weighted by atomic mass is 10.1. The van der Waals surface area contributed by atoms with Gasteiger partial charge in [0.15, 0.2) is 0 Å². The Kier molecular flexibility index (Phi) is 3.36. The second kappa shape index (κ2) is 4.80. The maximum absolute atomic E-state index is 11.1. The molecule has 0 radical (unpaired) electrons. The van der Waals surface area contributed by atoms with E-state index < -0.39 is 6.09 Å². The first kappa shape index (κ1) is 12.6. The molecule has 1 aliphatic heterocycles. The van der Waals surface area contributed by atoms with Crippen molar-refractivity contribution in [1.29, 1.82) is 0 Å². The average Bonchev–Trinajstić information content (AvgIpc) is 2.32. The van der Waals surface area contributed by atoms with Crippen LogP contribution in [0.15, 0.2) is 12.4 Å². The van der Waals surface area contributed by atoms with E-state index in [9.17, 15) is 4.79 Å². The number of carboxylic acid groups (broad SMARTS) is 1. The summed E-state index contributed by atoms with van der Waals surface area (Å²) < 4.78 is 0. The highest BCUT2D eigenvalue weighted by molar-refractivity contribution is 5.66. The zero-order valence-electron chi connectivity index (χ0n) is 10.9. The summed E-state index contributed by atoms with van der Waals surface area (Å²) in [6.45, 7) is 6.94. The van der Waals surface area contributed by atoms with E-state index in [1.165, 1.54) is 4.90 Å². The molecule has 0 spiro atoms. The Morgan fingerprint density at radius 2 is 1.89 bits per heavy atom. The van der Waals surface area contributed by atoms with Gasteiger partial charge in [0, 0.05) is 37.6 Å². The number of rotatable bonds is 1. The number of piperazine rings is 1. The first-order valence-electron chi connectivity index (χ1n) is 6.04. The van der Waals surface area contributed by atoms with Crippen LogP contribution >= 0.6 is 0 Å². The maximum Gasteiger partial charge on any atom is 0.407 e. The number of carbonyl (C=O) groups is 1. The van der Waals surface area contributed by atoms with Gasteiger partial charge in [-0.3, -0.25) is 0 Å². The van der Waals surface area contributed by atoms with Crippen molar-refractivity contribution in [2.24, 2.45) is 0 Å². The fraction of sp³-hybridized carbons (Fsp3) is 0.583. The Bertz CT molecular complexity index is 434. The molecule has 1 fully saturated rings. The number of aromatic nitrogens is 2. The summed E-state index contributed by atoms with van der Waals surface area (Å²) in [4.78, 5) is 23.2. The van der Waals surface area contributed by atoms with Crippen LogP contribution in [-0.4, -0.2) is 51.2 Å². The SMILES string of the molecule is Cc1cnc(N2CC(C)N(C(=O)O)CC2C)nc1. The molecule has 0 aliphatic carbocycles. The topological polar surface area (TPSA) is 69.6 Å². The maximum atomic E-state index is 11.1. The third-order valence-corrected chi connectivity index (χ3v) is 3.26. The van der Waals surface area contributed by atoms with E-state index >= 15 is 0 Å². The molecule has 6 heteroatoms. The third-order valence-electron chi connectivity index (χ3n) is 3.26. The first-order chi connectivity index (χ1) is 8.49. The summed E-state index contributed by atoms with van der Waals surface area (Å²) in [5.41, 5.74) is 1.02. The molecule has 6 nitrogen and oxygen atoms in total. The second-order valence-corrected chi connectivity index (χ2v) is 4.85. The molecule has 1 aliphatic rings. The zero-order chi connectivity index (χ0) is 13.3. The molecule has 1 amide bonds. The largest absolute Gasteiger partial charge is 0.465 e. The van der Waals surface area contributed by atoms with Crippen LogP contribution in [0.3, 0.4) is 0 Å². The van der Waals surface area contributed by atoms with Gasteiger partial charge in [0.1, 0.15) is 0 Å². The van der Waals surface area contributed by atoms with Crippen molar-refractivity contribution >= 4 is 12.0 Å². The summed E-state index contributed by atoms with van der Waals surface area (Å²) in [7, 11) is 0. The van der Waals surface area contributed by atoms with Gasteiger partial charge >= 0.3 is 6.09 Å². The fourth-order valence-electron chi connectivity index (χ4n) is 2.21. The molecule has 2 rings (SSSR count). The standard InChI is InChI=1S/C12H18N4O2/c1-8-4-13-11(14-5-8)15-6-10(3)16(12(17)18)7-9(15)2/h4-5,9-10H,6-7H2,1-3H3,(H,17,18). The van der Waals surface area contributed by atoms with Gasteiger partial charge in [-0.05, 0) is 26.3 Å². The second-order valence-electron chi connectivity index (χ2n) is 4.85. The van der Waals surface area contributed by atoms with Crippen molar-refractivity contribution in [3.63, 3.8) is 0 Å². The number of hydrogen-bond acceptors (Lipinski definition) is 4. The lowest BCUT2D eigenvalue weighted by molar-refractivity contribution is 0.114. The van der Waals surface area contributed by atoms with Crippen molar-refractivity contribution in [3.05, 3.63) is 18.0 Å². The van der Waals surface area contributed by atoms with Gasteiger partial charge < -0.3 is 14.9 Å². The lowest BCUT2D eigenvalue weighted by Gasteiger charge is -2.42. The molecule has 1 N–H and O–H groups in total. The van der Waals surface area contributed by atoms with Gasteiger partial charge in [-0.2, -0.15) is 0 Å². The van der Waals surface area contributed by atoms with E-state index in [4.69, 9.17) is 5.11 Å². The Balaban J connectivity index is 2.16. The molecule has 0 saturated carbocycles. The molecule has 2 atom stereocenters. The average molecular weight is 250 g/mol. The molecule has 1 aromatic rings. The summed E-state index contributed by atoms with van der Waals surface area (Å²) in [5, 5.41) is 9.10. The Morgan fingerprint density at radius 3 is 2.44 bits per heavy atom. The van der Waals surface area contributed by atoms with Gasteiger partial charge in [0.05, 0.1) is 0 Å². The number of hydrogen-bond donors (Lipinski definition) is 1. The van der Waals surface area contributed by atoms with Crippen molar-refractivity contribution in [1.82, 2.24) is 14.9 Å². The number of amides is 1. The molecule has 1 saturated heterocycles. The molecule has 2 heterocycles. The smallest absolute Gasteiger partial charge is 0.407 e. The van der Waals surface area contributed by atoms with Crippen LogP contribution in [0.1, 0.15) is 19.4 Å². The lowest BCUT2D eigenvalue weighted by Crippen LogP contribution is -2.58. The minimum atomic E-state index is -0.862. The van der Waals surface area contributed by atoms with Gasteiger partial charge in [-0.1, -0.05) is 0 Å². The number of nitrogens with zero attached hydrogens (tertiary/aromatic N) is 4. The normalized spacial score (nSPS) is 24.2. The molecular formula is C12H18N4O2. The van der Waals surface area contributed by atoms with Crippen LogP contribution < -0.4 is 4.90 Å². The molecular weight excluding hydrogens is 232 g/mol. The summed E-state index contributed by atoms with van der Waals surface area (Å²) >= 11 is 0. The predicted octanol–water partition coefficient (Wildman–Crippen LogP) is 1.36. The van der Waals surface area contributed by atoms with Crippen LogP contribution in [0, 0.1) is 6.92 Å². The predicted molar refractivity (Wildman–Crippen MR) is 67.8 cm³/mol. The number of aryl methyl sites for hydroxylation is 1. The van der Waals surface area contributed by atoms with E-state index in [1.54, 1.807) is 12.4 Å². The van der Waals surface area contributed by atoms with Gasteiger partial charge in [-0.25, -0.2) is 14.8 Å². The van der Waals surface area contributed by atoms with Crippen molar-refractivity contribution in [2.45, 2.75) is 32.9 Å². The van der Waals surface area contributed by atoms with Crippen LogP contribution in [0.2, 0.25) is 0 Å². The number of anilines is 1. The minimum absolute atomic E-state index is 0.0522. The molecule has 0 bridgehead atoms. The van der Waals surface area contributed by atoms with E-state index in [2.05, 4.69) is 14.9 Å². The Labute approximate surface area is 106 Å². The van der Waals surface area contributed by atoms with Gasteiger partial charge in [0.25, 0.3) is 0 Å². The van der Waals surface area contributed by atoms with Crippen molar-refractivity contribution < 1.29 is 9.90 Å². The molecule has 2 unspecified atom stereocenters. The van der Waals surface area contributed by atoms with E-state index in [0.29, 0.717) is 19.0 Å². The highest BCUT2D eigenvalue weighted by atomic mass is 16.4. The Morgan fingerprint density at radius 1 is 1.28 bits per heavy atom. The highest BCUT2D eigenvalue weighted by Crippen LogP contribution is 2.19. The quantitative estimate of drug-likeness (QED) is 0.815. The molecule has 1 aromatic heterocycles. The molecule has 18 heavy (non-hydrogen) atoms. The summed E-state index contributed by atoms with van der Waals surface area (Å²) in [5.74, 6) is 0.671. The third kappa shape index (κ3) is 2.37. The van der Waals surface area contributed by atoms with Crippen LogP contribution in [0.25, 0.3) is 0 Å². The van der Waals surface area contributed by atoms with Gasteiger partial charge in [-0.15, -0.1) is 0 Å². The van der Waals surface area contributed by atoms with Crippen LogP contribution in [-0.2, 0) is 0 Å². The minimum Gasteiger partial charge on any atom is -0.465 e. The summed E-state index contributed by atoms with van der Waals surface area (Å²) in [6, 6.07) is 0.0311. The van der Waals surface area contributed by atoms with Gasteiger partial charge in [0.2, 0.25) is 5.95 Å². The monoisotopic (exact) mass is 250 g/mol. The summed E-state index contributed by atoms with van der Waals surface area (Å²) in [6.07, 6.45) is 2.70. The zero-order valence-corrected chi connectivity index (χ0v) is 10.9. The van der Waals surface area contributed by atoms with Crippen molar-refractivity contribution in [2.75, 3.05) is 18.0 Å². The van der Waals surface area contributed by atoms with Crippen LogP contribution in [0.4, 0.5) is 10.7 Å². The van der Waals surface area contributed by atoms with E-state index in [1.807, 2.05) is 20.8 Å². The molecule has 98 valence electrons. The fourth-order valence-corrected chi connectivity index (χ4v) is 2.21. The Hall–Kier alpha value is -1.85. The van der Waals surface area contributed by atoms with Crippen LogP contribution in [0.5, 0.6) is 0 Å². The highest BCUT2D eigenvalue weighted by Gasteiger charge is 2.32. The first-order valence-corrected chi connectivity index (χ1v) is 6.04. The van der Waals surface area contributed by atoms with E-state index in [-0.39, 0.29) is 12.1 Å².